The van der Waals surface area contributed by atoms with Crippen molar-refractivity contribution in [2.75, 3.05) is 13.1 Å². The summed E-state index contributed by atoms with van der Waals surface area (Å²) >= 11 is 0. The van der Waals surface area contributed by atoms with E-state index in [1.165, 1.54) is 24.8 Å². The summed E-state index contributed by atoms with van der Waals surface area (Å²) in [6.45, 7) is 5.08. The minimum Gasteiger partial charge on any atom is -0.339 e. The highest BCUT2D eigenvalue weighted by Crippen LogP contribution is 2.28. The van der Waals surface area contributed by atoms with E-state index in [2.05, 4.69) is 45.4 Å². The van der Waals surface area contributed by atoms with Crippen LogP contribution in [0, 0.1) is 0 Å². The summed E-state index contributed by atoms with van der Waals surface area (Å²) in [6.07, 6.45) is 4.52. The molecule has 1 aromatic carbocycles. The number of nitrogens with zero attached hydrogens (tertiary/aromatic N) is 3. The highest BCUT2D eigenvalue weighted by atomic mass is 16.5. The van der Waals surface area contributed by atoms with Crippen LogP contribution in [0.4, 0.5) is 0 Å². The Hall–Kier alpha value is -1.68. The number of likely N-dealkylation sites (tertiary alicyclic amines) is 1. The number of hydrogen-bond donors (Lipinski definition) is 0. The van der Waals surface area contributed by atoms with Crippen molar-refractivity contribution in [3.05, 3.63) is 47.6 Å². The molecule has 2 aromatic rings. The maximum atomic E-state index is 5.19. The zero-order valence-corrected chi connectivity index (χ0v) is 12.7. The van der Waals surface area contributed by atoms with Gasteiger partial charge in [-0.25, -0.2) is 0 Å². The van der Waals surface area contributed by atoms with E-state index in [-0.39, 0.29) is 0 Å². The van der Waals surface area contributed by atoms with Gasteiger partial charge < -0.3 is 4.52 Å². The Labute approximate surface area is 126 Å². The van der Waals surface area contributed by atoms with Crippen LogP contribution in [0.5, 0.6) is 0 Å². The zero-order chi connectivity index (χ0) is 14.5. The quantitative estimate of drug-likeness (QED) is 0.863. The van der Waals surface area contributed by atoms with Crippen molar-refractivity contribution in [1.82, 2.24) is 15.0 Å². The predicted molar refractivity (Wildman–Crippen MR) is 82.0 cm³/mol. The number of benzene rings is 1. The molecule has 1 unspecified atom stereocenters. The summed E-state index contributed by atoms with van der Waals surface area (Å²) in [5.41, 5.74) is 1.48. The van der Waals surface area contributed by atoms with Crippen LogP contribution in [0.2, 0.25) is 0 Å². The Bertz CT molecular complexity index is 552. The van der Waals surface area contributed by atoms with E-state index in [0.29, 0.717) is 5.92 Å². The average molecular weight is 285 g/mol. The first-order chi connectivity index (χ1) is 10.3. The van der Waals surface area contributed by atoms with Gasteiger partial charge in [-0.15, -0.1) is 0 Å². The third-order valence-electron chi connectivity index (χ3n) is 4.27. The van der Waals surface area contributed by atoms with Crippen LogP contribution in [0.25, 0.3) is 0 Å². The Morgan fingerprint density at radius 1 is 1.19 bits per heavy atom. The van der Waals surface area contributed by atoms with Gasteiger partial charge in [-0.2, -0.15) is 4.98 Å². The molecule has 0 aliphatic carbocycles. The van der Waals surface area contributed by atoms with Gasteiger partial charge in [0.15, 0.2) is 5.82 Å². The molecule has 0 saturated carbocycles. The lowest BCUT2D eigenvalue weighted by Crippen LogP contribution is -2.24. The van der Waals surface area contributed by atoms with Gasteiger partial charge in [0.1, 0.15) is 0 Å². The molecule has 3 rings (SSSR count). The van der Waals surface area contributed by atoms with E-state index in [9.17, 15) is 0 Å². The first-order valence-corrected chi connectivity index (χ1v) is 7.94. The molecule has 1 aliphatic heterocycles. The highest BCUT2D eigenvalue weighted by Gasteiger charge is 2.19. The van der Waals surface area contributed by atoms with E-state index in [0.717, 1.165) is 37.8 Å². The molecule has 4 nitrogen and oxygen atoms in total. The maximum absolute atomic E-state index is 5.19. The van der Waals surface area contributed by atoms with Crippen molar-refractivity contribution >= 4 is 0 Å². The maximum Gasteiger partial charge on any atom is 0.226 e. The molecule has 2 heterocycles. The lowest BCUT2D eigenvalue weighted by molar-refractivity contribution is 0.263. The van der Waals surface area contributed by atoms with Crippen LogP contribution in [0.15, 0.2) is 34.9 Å². The third-order valence-corrected chi connectivity index (χ3v) is 4.27. The monoisotopic (exact) mass is 285 g/mol. The smallest absolute Gasteiger partial charge is 0.226 e. The van der Waals surface area contributed by atoms with Crippen molar-refractivity contribution in [1.29, 1.82) is 0 Å². The van der Waals surface area contributed by atoms with Gasteiger partial charge in [-0.3, -0.25) is 4.90 Å². The van der Waals surface area contributed by atoms with Crippen LogP contribution >= 0.6 is 0 Å². The van der Waals surface area contributed by atoms with Crippen molar-refractivity contribution in [3.63, 3.8) is 0 Å². The first-order valence-electron chi connectivity index (χ1n) is 7.94. The summed E-state index contributed by atoms with van der Waals surface area (Å²) in [5.74, 6) is 2.25. The average Bonchev–Trinajstić information content (AvgIpc) is 2.85. The van der Waals surface area contributed by atoms with Gasteiger partial charge >= 0.3 is 0 Å². The SMILES string of the molecule is CCc1nc(CN2CCCC(c3ccccc3)CC2)no1. The van der Waals surface area contributed by atoms with Crippen LogP contribution < -0.4 is 0 Å². The largest absolute Gasteiger partial charge is 0.339 e. The summed E-state index contributed by atoms with van der Waals surface area (Å²) in [4.78, 5) is 6.86. The number of aryl methyl sites for hydroxylation is 1. The van der Waals surface area contributed by atoms with Gasteiger partial charge in [0.05, 0.1) is 6.54 Å². The lowest BCUT2D eigenvalue weighted by atomic mass is 9.92. The molecule has 0 bridgehead atoms. The van der Waals surface area contributed by atoms with Gasteiger partial charge in [0, 0.05) is 6.42 Å². The van der Waals surface area contributed by atoms with E-state index >= 15 is 0 Å². The van der Waals surface area contributed by atoms with Crippen molar-refractivity contribution in [3.8, 4) is 0 Å². The first kappa shape index (κ1) is 14.3. The Morgan fingerprint density at radius 2 is 2.05 bits per heavy atom. The van der Waals surface area contributed by atoms with Gasteiger partial charge in [0.25, 0.3) is 0 Å². The fraction of sp³-hybridized carbons (Fsp3) is 0.529. The highest BCUT2D eigenvalue weighted by molar-refractivity contribution is 5.19. The minimum atomic E-state index is 0.688. The molecular formula is C17H23N3O. The predicted octanol–water partition coefficient (Wildman–Crippen LogP) is 3.40. The summed E-state index contributed by atoms with van der Waals surface area (Å²) in [7, 11) is 0. The van der Waals surface area contributed by atoms with Crippen molar-refractivity contribution in [2.24, 2.45) is 0 Å². The van der Waals surface area contributed by atoms with Crippen molar-refractivity contribution < 1.29 is 4.52 Å². The van der Waals surface area contributed by atoms with Gasteiger partial charge in [-0.1, -0.05) is 42.4 Å². The Balaban J connectivity index is 1.58. The molecule has 1 atom stereocenters. The summed E-state index contributed by atoms with van der Waals surface area (Å²) in [5, 5.41) is 4.06. The minimum absolute atomic E-state index is 0.688. The van der Waals surface area contributed by atoms with E-state index < -0.39 is 0 Å². The second-order valence-electron chi connectivity index (χ2n) is 5.77. The number of aromatic nitrogens is 2. The second-order valence-corrected chi connectivity index (χ2v) is 5.77. The van der Waals surface area contributed by atoms with Crippen LogP contribution in [0.1, 0.15) is 49.4 Å². The van der Waals surface area contributed by atoms with E-state index in [1.807, 2.05) is 6.92 Å². The van der Waals surface area contributed by atoms with E-state index in [1.54, 1.807) is 0 Å². The molecule has 21 heavy (non-hydrogen) atoms. The Morgan fingerprint density at radius 3 is 2.81 bits per heavy atom. The molecule has 1 saturated heterocycles. The molecule has 1 fully saturated rings. The molecule has 0 amide bonds. The van der Waals surface area contributed by atoms with Gasteiger partial charge in [-0.05, 0) is 43.8 Å². The molecular weight excluding hydrogens is 262 g/mol. The molecule has 112 valence electrons. The second kappa shape index (κ2) is 6.85. The number of hydrogen-bond acceptors (Lipinski definition) is 4. The summed E-state index contributed by atoms with van der Waals surface area (Å²) < 4.78 is 5.19. The molecule has 1 aromatic heterocycles. The third kappa shape index (κ3) is 3.70. The number of rotatable bonds is 4. The van der Waals surface area contributed by atoms with Crippen LogP contribution in [-0.4, -0.2) is 28.1 Å². The van der Waals surface area contributed by atoms with Crippen molar-refractivity contribution in [2.45, 2.75) is 45.1 Å². The normalized spacial score (nSPS) is 20.3. The molecule has 4 heteroatoms. The molecule has 0 spiro atoms. The van der Waals surface area contributed by atoms with Gasteiger partial charge in [0.2, 0.25) is 5.89 Å². The fourth-order valence-corrected chi connectivity index (χ4v) is 3.07. The van der Waals surface area contributed by atoms with Crippen LogP contribution in [0.3, 0.4) is 0 Å². The Kier molecular flexibility index (Phi) is 4.65. The lowest BCUT2D eigenvalue weighted by Gasteiger charge is -2.18. The van der Waals surface area contributed by atoms with Crippen LogP contribution in [-0.2, 0) is 13.0 Å². The fourth-order valence-electron chi connectivity index (χ4n) is 3.07. The zero-order valence-electron chi connectivity index (χ0n) is 12.7. The molecule has 0 N–H and O–H groups in total. The van der Waals surface area contributed by atoms with E-state index in [4.69, 9.17) is 4.52 Å². The topological polar surface area (TPSA) is 42.2 Å². The molecule has 0 radical (unpaired) electrons. The summed E-state index contributed by atoms with van der Waals surface area (Å²) in [6, 6.07) is 10.9. The molecule has 1 aliphatic rings. The standard InChI is InChI=1S/C17H23N3O/c1-2-17-18-16(19-21-17)13-20-11-6-9-15(10-12-20)14-7-4-3-5-8-14/h3-5,7-8,15H,2,6,9-13H2,1H3.